The Hall–Kier alpha value is -4.28. The fourth-order valence-corrected chi connectivity index (χ4v) is 4.47. The third kappa shape index (κ3) is 4.20. The van der Waals surface area contributed by atoms with Crippen molar-refractivity contribution in [2.75, 3.05) is 29.9 Å². The lowest BCUT2D eigenvalue weighted by atomic mass is 9.99. The average Bonchev–Trinajstić information content (AvgIpc) is 3.52. The molecule has 178 valence electrons. The molecule has 1 saturated heterocycles. The SMILES string of the molecule is CC1(F)CN(C(=O)c2cc3n(n2)CCN(c2nccc(Nc4ccc(-c5cn[nH]c5)cc4)n2)C3)C1. The summed E-state index contributed by atoms with van der Waals surface area (Å²) in [5.41, 5.74) is 2.97. The number of fused-ring (bicyclic) bond motifs is 1. The van der Waals surface area contributed by atoms with Crippen LogP contribution >= 0.6 is 0 Å². The van der Waals surface area contributed by atoms with Crippen LogP contribution in [0, 0.1) is 0 Å². The molecular weight excluding hydrogens is 449 g/mol. The Balaban J connectivity index is 1.13. The minimum Gasteiger partial charge on any atom is -0.340 e. The number of hydrogen-bond acceptors (Lipinski definition) is 7. The maximum Gasteiger partial charge on any atom is 0.274 e. The van der Waals surface area contributed by atoms with Gasteiger partial charge in [0.2, 0.25) is 5.95 Å². The molecule has 11 heteroatoms. The summed E-state index contributed by atoms with van der Waals surface area (Å²) >= 11 is 0. The third-order valence-electron chi connectivity index (χ3n) is 6.26. The molecule has 0 atom stereocenters. The van der Waals surface area contributed by atoms with Crippen LogP contribution in [0.5, 0.6) is 0 Å². The van der Waals surface area contributed by atoms with Gasteiger partial charge in [0.15, 0.2) is 5.69 Å². The summed E-state index contributed by atoms with van der Waals surface area (Å²) < 4.78 is 15.6. The van der Waals surface area contributed by atoms with Crippen LogP contribution in [0.4, 0.5) is 21.8 Å². The van der Waals surface area contributed by atoms with E-state index in [1.54, 1.807) is 18.5 Å². The fourth-order valence-electron chi connectivity index (χ4n) is 4.47. The van der Waals surface area contributed by atoms with Gasteiger partial charge in [0.1, 0.15) is 11.5 Å². The highest BCUT2D eigenvalue weighted by atomic mass is 19.1. The lowest BCUT2D eigenvalue weighted by Crippen LogP contribution is -2.59. The van der Waals surface area contributed by atoms with E-state index in [1.807, 2.05) is 41.2 Å². The number of halogens is 1. The number of likely N-dealkylation sites (tertiary alicyclic amines) is 1. The second-order valence-corrected chi connectivity index (χ2v) is 9.17. The summed E-state index contributed by atoms with van der Waals surface area (Å²) in [6.45, 7) is 3.53. The first-order valence-electron chi connectivity index (χ1n) is 11.4. The molecule has 0 saturated carbocycles. The molecule has 0 unspecified atom stereocenters. The smallest absolute Gasteiger partial charge is 0.274 e. The number of carbonyl (C=O) groups excluding carboxylic acids is 1. The quantitative estimate of drug-likeness (QED) is 0.459. The average molecular weight is 474 g/mol. The van der Waals surface area contributed by atoms with Crippen molar-refractivity contribution in [3.05, 3.63) is 66.4 Å². The number of amides is 1. The van der Waals surface area contributed by atoms with Crippen LogP contribution in [0.2, 0.25) is 0 Å². The molecule has 0 bridgehead atoms. The number of alkyl halides is 1. The van der Waals surface area contributed by atoms with Gasteiger partial charge in [-0.15, -0.1) is 0 Å². The van der Waals surface area contributed by atoms with Crippen LogP contribution in [-0.2, 0) is 13.1 Å². The van der Waals surface area contributed by atoms with Gasteiger partial charge in [0.05, 0.1) is 38.1 Å². The summed E-state index contributed by atoms with van der Waals surface area (Å²) in [5.74, 6) is 1.06. The van der Waals surface area contributed by atoms with E-state index in [9.17, 15) is 9.18 Å². The topological polar surface area (TPSA) is 108 Å². The number of benzene rings is 1. The van der Waals surface area contributed by atoms with E-state index in [2.05, 4.69) is 35.5 Å². The summed E-state index contributed by atoms with van der Waals surface area (Å²) in [7, 11) is 0. The van der Waals surface area contributed by atoms with E-state index in [1.165, 1.54) is 11.8 Å². The van der Waals surface area contributed by atoms with Crippen LogP contribution < -0.4 is 10.2 Å². The summed E-state index contributed by atoms with van der Waals surface area (Å²) in [4.78, 5) is 25.3. The molecule has 1 aromatic carbocycles. The van der Waals surface area contributed by atoms with Gasteiger partial charge in [0.25, 0.3) is 5.91 Å². The zero-order chi connectivity index (χ0) is 24.0. The second-order valence-electron chi connectivity index (χ2n) is 9.17. The maximum atomic E-state index is 13.8. The first-order valence-corrected chi connectivity index (χ1v) is 11.4. The van der Waals surface area contributed by atoms with Gasteiger partial charge in [0, 0.05) is 30.2 Å². The zero-order valence-corrected chi connectivity index (χ0v) is 19.1. The van der Waals surface area contributed by atoms with E-state index in [0.717, 1.165) is 22.5 Å². The van der Waals surface area contributed by atoms with Gasteiger partial charge in [-0.25, -0.2) is 9.37 Å². The lowest BCUT2D eigenvalue weighted by Gasteiger charge is -2.41. The Labute approximate surface area is 200 Å². The van der Waals surface area contributed by atoms with E-state index in [4.69, 9.17) is 0 Å². The molecule has 2 aliphatic rings. The van der Waals surface area contributed by atoms with Crippen molar-refractivity contribution >= 4 is 23.4 Å². The van der Waals surface area contributed by atoms with Gasteiger partial charge >= 0.3 is 0 Å². The van der Waals surface area contributed by atoms with Gasteiger partial charge in [-0.05, 0) is 36.8 Å². The monoisotopic (exact) mass is 473 g/mol. The summed E-state index contributed by atoms with van der Waals surface area (Å²) in [5, 5.41) is 14.6. The fraction of sp³-hybridized carbons (Fsp3) is 0.292. The lowest BCUT2D eigenvalue weighted by molar-refractivity contribution is -0.00827. The molecule has 4 aromatic rings. The molecule has 6 rings (SSSR count). The molecule has 1 fully saturated rings. The Kier molecular flexibility index (Phi) is 4.97. The summed E-state index contributed by atoms with van der Waals surface area (Å²) in [6.07, 6.45) is 5.36. The van der Waals surface area contributed by atoms with E-state index in [-0.39, 0.29) is 19.0 Å². The predicted molar refractivity (Wildman–Crippen MR) is 128 cm³/mol. The Morgan fingerprint density at radius 3 is 2.71 bits per heavy atom. The molecule has 0 aliphatic carbocycles. The summed E-state index contributed by atoms with van der Waals surface area (Å²) in [6, 6.07) is 11.6. The minimum atomic E-state index is -1.30. The number of aromatic amines is 1. The van der Waals surface area contributed by atoms with Crippen molar-refractivity contribution in [1.29, 1.82) is 0 Å². The molecule has 35 heavy (non-hydrogen) atoms. The first kappa shape index (κ1) is 21.3. The predicted octanol–water partition coefficient (Wildman–Crippen LogP) is 3.01. The van der Waals surface area contributed by atoms with Crippen LogP contribution in [0.3, 0.4) is 0 Å². The number of nitrogens with zero attached hydrogens (tertiary/aromatic N) is 7. The van der Waals surface area contributed by atoms with Crippen molar-refractivity contribution < 1.29 is 9.18 Å². The zero-order valence-electron chi connectivity index (χ0n) is 19.1. The highest BCUT2D eigenvalue weighted by Gasteiger charge is 2.42. The molecule has 2 aliphatic heterocycles. The van der Waals surface area contributed by atoms with E-state index >= 15 is 0 Å². The molecule has 2 N–H and O–H groups in total. The molecule has 1 amide bonds. The van der Waals surface area contributed by atoms with Crippen molar-refractivity contribution in [3.63, 3.8) is 0 Å². The van der Waals surface area contributed by atoms with E-state index < -0.39 is 5.67 Å². The van der Waals surface area contributed by atoms with Crippen LogP contribution in [0.15, 0.2) is 55.0 Å². The number of anilines is 3. The third-order valence-corrected chi connectivity index (χ3v) is 6.26. The Morgan fingerprint density at radius 2 is 1.97 bits per heavy atom. The van der Waals surface area contributed by atoms with Crippen molar-refractivity contribution in [3.8, 4) is 11.1 Å². The standard InChI is InChI=1S/C24H24FN9O/c1-24(25)14-33(15-24)22(35)20-10-19-13-32(8-9-34(19)31-20)23-26-7-6-21(30-23)29-18-4-2-16(3-5-18)17-11-27-28-12-17/h2-7,10-12H,8-9,13-15H2,1H3,(H,27,28)(H,26,29,30). The van der Waals surface area contributed by atoms with Crippen LogP contribution in [-0.4, -0.2) is 66.1 Å². The van der Waals surface area contributed by atoms with Crippen LogP contribution in [0.1, 0.15) is 23.1 Å². The number of aromatic nitrogens is 6. The van der Waals surface area contributed by atoms with Gasteiger partial charge < -0.3 is 15.1 Å². The first-order chi connectivity index (χ1) is 16.9. The second kappa shape index (κ2) is 8.19. The Morgan fingerprint density at radius 1 is 1.14 bits per heavy atom. The van der Waals surface area contributed by atoms with Gasteiger partial charge in [-0.1, -0.05) is 12.1 Å². The largest absolute Gasteiger partial charge is 0.340 e. The molecule has 3 aromatic heterocycles. The maximum absolute atomic E-state index is 13.8. The van der Waals surface area contributed by atoms with Crippen molar-refractivity contribution in [2.45, 2.75) is 25.7 Å². The minimum absolute atomic E-state index is 0.111. The molecule has 10 nitrogen and oxygen atoms in total. The highest BCUT2D eigenvalue weighted by molar-refractivity contribution is 5.93. The number of H-pyrrole nitrogens is 1. The van der Waals surface area contributed by atoms with Gasteiger partial charge in [-0.3, -0.25) is 14.6 Å². The number of rotatable bonds is 5. The number of hydrogen-bond donors (Lipinski definition) is 2. The molecule has 5 heterocycles. The normalized spacial score (nSPS) is 16.5. The number of nitrogens with one attached hydrogen (secondary N) is 2. The van der Waals surface area contributed by atoms with Gasteiger partial charge in [-0.2, -0.15) is 15.2 Å². The molecule has 0 spiro atoms. The van der Waals surface area contributed by atoms with Crippen molar-refractivity contribution in [2.24, 2.45) is 0 Å². The number of carbonyl (C=O) groups is 1. The molecule has 0 radical (unpaired) electrons. The highest BCUT2D eigenvalue weighted by Crippen LogP contribution is 2.27. The molecular formula is C24H24FN9O. The van der Waals surface area contributed by atoms with E-state index in [0.29, 0.717) is 37.1 Å². The van der Waals surface area contributed by atoms with Crippen molar-refractivity contribution in [1.82, 2.24) is 34.8 Å². The Bertz CT molecular complexity index is 1360. The van der Waals surface area contributed by atoms with Crippen LogP contribution in [0.25, 0.3) is 11.1 Å².